The second kappa shape index (κ2) is 46.6. The molecule has 3 fully saturated rings. The van der Waals surface area contributed by atoms with E-state index in [1.165, 1.54) is 4.90 Å². The summed E-state index contributed by atoms with van der Waals surface area (Å²) < 4.78 is 37.8. The summed E-state index contributed by atoms with van der Waals surface area (Å²) >= 11 is 0. The largest absolute Gasteiger partial charge is 0.468 e. The Morgan fingerprint density at radius 3 is 1.44 bits per heavy atom. The molecule has 0 radical (unpaired) electrons. The van der Waals surface area contributed by atoms with Gasteiger partial charge in [-0.3, -0.25) is 38.5 Å². The molecule has 17 N–H and O–H groups in total. The van der Waals surface area contributed by atoms with Gasteiger partial charge >= 0.3 is 0 Å². The molecule has 3 rings (SSSR count). The number of hydrogen-bond acceptors (Lipinski definition) is 26. The molecular formula is C59H107N7O25. The van der Waals surface area contributed by atoms with Crippen molar-refractivity contribution in [3.8, 4) is 0 Å². The molecule has 3 aliphatic rings. The first-order chi connectivity index (χ1) is 43.7. The van der Waals surface area contributed by atoms with E-state index in [1.54, 1.807) is 13.8 Å². The van der Waals surface area contributed by atoms with Crippen LogP contribution in [0.3, 0.4) is 0 Å². The van der Waals surface area contributed by atoms with Crippen LogP contribution in [0.25, 0.3) is 0 Å². The molecule has 0 saturated carbocycles. The Morgan fingerprint density at radius 1 is 0.451 bits per heavy atom. The quantitative estimate of drug-likeness (QED) is 0.0200. The van der Waals surface area contributed by atoms with E-state index in [2.05, 4.69) is 31.9 Å². The SMILES string of the molecule is CCNC(=O)CCC(NC(=O)CCCCCCCCCCCCCCOC=O)C(=O)NCCCC[C@@H](C(=O)NCCO[C@H]1O[C@H](CO)[C@@H](O)[C@H](C)[C@@H]1O)N(CC(=O)NCCCO[C@H]1O[C@H](CO)[C@@H](O)[C@H](O)[C@@H]1O)CC(=O)NCCO[C@H]1O[C@H](CO)[C@@H](O)[C@H](O)[C@@H]1O. The molecule has 0 aromatic carbocycles. The highest BCUT2D eigenvalue weighted by Crippen LogP contribution is 2.27. The number of carbonyl (C=O) groups is 7. The van der Waals surface area contributed by atoms with Gasteiger partial charge in [0.15, 0.2) is 18.9 Å². The summed E-state index contributed by atoms with van der Waals surface area (Å²) in [5.74, 6) is -4.03. The standard InChI is InChI=1S/C59H107N7O25/c1-3-60-43(71)22-21-38(65-44(72)20-14-12-10-8-6-4-5-7-9-11-13-17-27-85-36-70)55(83)63-23-16-15-19-39(56(84)64-26-30-87-57-48(76)37(2)47(75)40(33-67)89-57)66(32-46(74)62-25-29-88-59-54(82)52(80)50(78)42(35-69)91-59)31-45(73)61-24-18-28-86-58-53(81)51(79)49(77)41(34-68)90-58/h36-42,47-54,57-59,67-69,75-82H,3-35H2,1-2H3,(H,60,71)(H,61,73)(H,62,74)(H,63,83)(H,64,84)(H,65,72)/t37-,38?,39-,40+,41+,42+,47-,48-,49+,50+,51-,52-,53-,54-,57-,58-,59-/m0/s1. The van der Waals surface area contributed by atoms with Crippen LogP contribution in [0.5, 0.6) is 0 Å². The summed E-state index contributed by atoms with van der Waals surface area (Å²) in [6, 6.07) is -2.30. The highest BCUT2D eigenvalue weighted by atomic mass is 16.7. The minimum atomic E-state index is -1.73. The summed E-state index contributed by atoms with van der Waals surface area (Å²) in [6.45, 7) is 0.282. The van der Waals surface area contributed by atoms with Crippen molar-refractivity contribution in [3.63, 3.8) is 0 Å². The Balaban J connectivity index is 1.71. The summed E-state index contributed by atoms with van der Waals surface area (Å²) in [7, 11) is 0. The van der Waals surface area contributed by atoms with Crippen LogP contribution in [0.1, 0.15) is 136 Å². The molecular weight excluding hydrogens is 1210 g/mol. The average molecular weight is 1310 g/mol. The van der Waals surface area contributed by atoms with Crippen molar-refractivity contribution in [1.82, 2.24) is 36.8 Å². The smallest absolute Gasteiger partial charge is 0.293 e. The van der Waals surface area contributed by atoms with E-state index < -0.39 is 161 Å². The van der Waals surface area contributed by atoms with Crippen LogP contribution in [0, 0.1) is 5.92 Å². The van der Waals surface area contributed by atoms with Gasteiger partial charge < -0.3 is 121 Å². The lowest BCUT2D eigenvalue weighted by molar-refractivity contribution is -0.301. The second-order valence-corrected chi connectivity index (χ2v) is 23.2. The zero-order valence-corrected chi connectivity index (χ0v) is 52.8. The van der Waals surface area contributed by atoms with Crippen molar-refractivity contribution in [2.45, 2.75) is 234 Å². The number of carbonyl (C=O) groups excluding carboxylic acids is 7. The number of aliphatic hydroxyl groups is 11. The fourth-order valence-corrected chi connectivity index (χ4v) is 10.6. The molecule has 17 atom stereocenters. The molecule has 0 aliphatic carbocycles. The van der Waals surface area contributed by atoms with E-state index in [-0.39, 0.29) is 103 Å². The summed E-state index contributed by atoms with van der Waals surface area (Å²) in [5.41, 5.74) is 0. The van der Waals surface area contributed by atoms with Gasteiger partial charge in [0.25, 0.3) is 6.47 Å². The Kier molecular flexibility index (Phi) is 41.4. The second-order valence-electron chi connectivity index (χ2n) is 23.2. The molecule has 91 heavy (non-hydrogen) atoms. The van der Waals surface area contributed by atoms with E-state index in [1.807, 2.05) is 0 Å². The maximum absolute atomic E-state index is 14.4. The van der Waals surface area contributed by atoms with Crippen molar-refractivity contribution in [1.29, 1.82) is 0 Å². The predicted octanol–water partition coefficient (Wildman–Crippen LogP) is -4.95. The molecule has 6 amide bonds. The number of ether oxygens (including phenoxy) is 7. The minimum Gasteiger partial charge on any atom is -0.468 e. The van der Waals surface area contributed by atoms with Gasteiger partial charge in [0.2, 0.25) is 35.4 Å². The van der Waals surface area contributed by atoms with E-state index in [0.29, 0.717) is 26.0 Å². The van der Waals surface area contributed by atoms with Crippen molar-refractivity contribution in [2.24, 2.45) is 5.92 Å². The van der Waals surface area contributed by atoms with Crippen LogP contribution in [0.15, 0.2) is 0 Å². The number of rotatable bonds is 49. The summed E-state index contributed by atoms with van der Waals surface area (Å²) in [6.07, 6.45) is -7.50. The lowest BCUT2D eigenvalue weighted by atomic mass is 9.91. The molecule has 32 heteroatoms. The van der Waals surface area contributed by atoms with E-state index >= 15 is 0 Å². The Bertz CT molecular complexity index is 2060. The molecule has 32 nitrogen and oxygen atoms in total. The first kappa shape index (κ1) is 80.8. The first-order valence-corrected chi connectivity index (χ1v) is 32.3. The third kappa shape index (κ3) is 30.2. The van der Waals surface area contributed by atoms with Gasteiger partial charge in [0.05, 0.1) is 71.5 Å². The van der Waals surface area contributed by atoms with Gasteiger partial charge in [-0.2, -0.15) is 0 Å². The highest BCUT2D eigenvalue weighted by Gasteiger charge is 2.46. The molecule has 0 spiro atoms. The van der Waals surface area contributed by atoms with Crippen LogP contribution in [-0.4, -0.2) is 293 Å². The normalized spacial score (nSPS) is 27.3. The van der Waals surface area contributed by atoms with Crippen molar-refractivity contribution >= 4 is 41.9 Å². The molecule has 3 aliphatic heterocycles. The van der Waals surface area contributed by atoms with Crippen LogP contribution in [0.2, 0.25) is 0 Å². The topological polar surface area (TPSA) is 482 Å². The van der Waals surface area contributed by atoms with Crippen LogP contribution in [-0.2, 0) is 66.7 Å². The fraction of sp³-hybridized carbons (Fsp3) is 0.881. The third-order valence-corrected chi connectivity index (χ3v) is 16.0. The summed E-state index contributed by atoms with van der Waals surface area (Å²) in [4.78, 5) is 92.8. The zero-order chi connectivity index (χ0) is 67.1. The van der Waals surface area contributed by atoms with E-state index in [4.69, 9.17) is 33.2 Å². The molecule has 528 valence electrons. The summed E-state index contributed by atoms with van der Waals surface area (Å²) in [5, 5.41) is 128. The van der Waals surface area contributed by atoms with Gasteiger partial charge in [-0.25, -0.2) is 0 Å². The first-order valence-electron chi connectivity index (χ1n) is 32.3. The van der Waals surface area contributed by atoms with Gasteiger partial charge in [0, 0.05) is 51.5 Å². The lowest BCUT2D eigenvalue weighted by Gasteiger charge is -2.40. The molecule has 3 saturated heterocycles. The Labute approximate surface area is 532 Å². The van der Waals surface area contributed by atoms with E-state index in [0.717, 1.165) is 70.6 Å². The number of amides is 6. The van der Waals surface area contributed by atoms with Crippen LogP contribution < -0.4 is 31.9 Å². The number of nitrogens with one attached hydrogen (secondary N) is 6. The molecule has 0 bridgehead atoms. The van der Waals surface area contributed by atoms with Crippen LogP contribution >= 0.6 is 0 Å². The maximum atomic E-state index is 14.4. The van der Waals surface area contributed by atoms with Crippen molar-refractivity contribution in [2.75, 3.05) is 92.1 Å². The van der Waals surface area contributed by atoms with Gasteiger partial charge in [-0.1, -0.05) is 71.1 Å². The predicted molar refractivity (Wildman–Crippen MR) is 320 cm³/mol. The van der Waals surface area contributed by atoms with E-state index in [9.17, 15) is 89.7 Å². The number of unbranched alkanes of at least 4 members (excludes halogenated alkanes) is 12. The van der Waals surface area contributed by atoms with Crippen molar-refractivity contribution < 1.29 is 123 Å². The monoisotopic (exact) mass is 1310 g/mol. The number of aliphatic hydroxyl groups excluding tert-OH is 11. The molecule has 1 unspecified atom stereocenters. The Morgan fingerprint density at radius 2 is 0.912 bits per heavy atom. The zero-order valence-electron chi connectivity index (χ0n) is 52.8. The maximum Gasteiger partial charge on any atom is 0.293 e. The van der Waals surface area contributed by atoms with Crippen molar-refractivity contribution in [3.05, 3.63) is 0 Å². The molecule has 0 aromatic rings. The third-order valence-electron chi connectivity index (χ3n) is 16.0. The van der Waals surface area contributed by atoms with Gasteiger partial charge in [-0.05, 0) is 51.9 Å². The number of nitrogens with zero attached hydrogens (tertiary/aromatic N) is 1. The number of hydrogen-bond donors (Lipinski definition) is 17. The minimum absolute atomic E-state index is 0.0169. The molecule has 0 aromatic heterocycles. The lowest BCUT2D eigenvalue weighted by Crippen LogP contribution is -2.59. The molecule has 3 heterocycles. The fourth-order valence-electron chi connectivity index (χ4n) is 10.6. The Hall–Kier alpha value is -4.43. The highest BCUT2D eigenvalue weighted by molar-refractivity contribution is 5.88. The average Bonchev–Trinajstić information content (AvgIpc) is 1.09. The van der Waals surface area contributed by atoms with Crippen LogP contribution in [0.4, 0.5) is 0 Å². The van der Waals surface area contributed by atoms with Gasteiger partial charge in [0.1, 0.15) is 67.1 Å². The van der Waals surface area contributed by atoms with Gasteiger partial charge in [-0.15, -0.1) is 0 Å².